The maximum atomic E-state index is 12.4. The van der Waals surface area contributed by atoms with E-state index in [4.69, 9.17) is 0 Å². The molecule has 0 aliphatic rings. The Kier molecular flexibility index (Phi) is 5.03. The van der Waals surface area contributed by atoms with Crippen LogP contribution in [0.2, 0.25) is 0 Å². The van der Waals surface area contributed by atoms with E-state index in [0.717, 1.165) is 21.9 Å². The molecule has 0 aliphatic heterocycles. The van der Waals surface area contributed by atoms with Gasteiger partial charge in [-0.25, -0.2) is 4.98 Å². The van der Waals surface area contributed by atoms with Crippen LogP contribution in [-0.4, -0.2) is 21.8 Å². The summed E-state index contributed by atoms with van der Waals surface area (Å²) in [4.78, 5) is 18.0. The summed E-state index contributed by atoms with van der Waals surface area (Å²) >= 11 is 1.56. The SMILES string of the molecule is CC(CNC(=O)Cc1csc2nc(-c3ccccc3)cn12)c1ccccc1. The third kappa shape index (κ3) is 3.93. The molecule has 0 saturated carbocycles. The van der Waals surface area contributed by atoms with E-state index >= 15 is 0 Å². The van der Waals surface area contributed by atoms with Crippen LogP contribution in [0.3, 0.4) is 0 Å². The Morgan fingerprint density at radius 3 is 2.56 bits per heavy atom. The summed E-state index contributed by atoms with van der Waals surface area (Å²) < 4.78 is 2.02. The molecule has 1 N–H and O–H groups in total. The minimum atomic E-state index is 0.0347. The van der Waals surface area contributed by atoms with Gasteiger partial charge in [0.2, 0.25) is 5.91 Å². The number of carbonyl (C=O) groups excluding carboxylic acids is 1. The predicted octanol–water partition coefficient (Wildman–Crippen LogP) is 4.53. The number of carbonyl (C=O) groups is 1. The summed E-state index contributed by atoms with van der Waals surface area (Å²) in [7, 11) is 0. The number of rotatable bonds is 6. The first kappa shape index (κ1) is 17.5. The predicted molar refractivity (Wildman–Crippen MR) is 110 cm³/mol. The molecule has 2 aromatic carbocycles. The highest BCUT2D eigenvalue weighted by Crippen LogP contribution is 2.23. The fourth-order valence-corrected chi connectivity index (χ4v) is 3.97. The fraction of sp³-hybridized carbons (Fsp3) is 0.182. The molecule has 0 aliphatic carbocycles. The van der Waals surface area contributed by atoms with Crippen LogP contribution in [0.5, 0.6) is 0 Å². The quantitative estimate of drug-likeness (QED) is 0.538. The highest BCUT2D eigenvalue weighted by molar-refractivity contribution is 7.15. The third-order valence-corrected chi connectivity index (χ3v) is 5.56. The topological polar surface area (TPSA) is 46.4 Å². The van der Waals surface area contributed by atoms with Crippen LogP contribution in [0.15, 0.2) is 72.2 Å². The summed E-state index contributed by atoms with van der Waals surface area (Å²) in [6, 6.07) is 20.3. The first-order valence-electron chi connectivity index (χ1n) is 9.03. The minimum absolute atomic E-state index is 0.0347. The second-order valence-corrected chi connectivity index (χ2v) is 7.50. The van der Waals surface area contributed by atoms with Gasteiger partial charge in [0, 0.05) is 29.4 Å². The second-order valence-electron chi connectivity index (χ2n) is 6.66. The van der Waals surface area contributed by atoms with Crippen molar-refractivity contribution in [1.82, 2.24) is 14.7 Å². The smallest absolute Gasteiger partial charge is 0.226 e. The number of benzene rings is 2. The Hall–Kier alpha value is -2.92. The molecule has 2 aromatic heterocycles. The number of hydrogen-bond donors (Lipinski definition) is 1. The monoisotopic (exact) mass is 375 g/mol. The van der Waals surface area contributed by atoms with Crippen LogP contribution < -0.4 is 5.32 Å². The standard InChI is InChI=1S/C22H21N3OS/c1-16(17-8-4-2-5-9-17)13-23-21(26)12-19-15-27-22-24-20(14-25(19)22)18-10-6-3-7-11-18/h2-11,14-16H,12-13H2,1H3,(H,23,26). The maximum absolute atomic E-state index is 12.4. The lowest BCUT2D eigenvalue weighted by Crippen LogP contribution is -2.29. The summed E-state index contributed by atoms with van der Waals surface area (Å²) in [5.41, 5.74) is 4.22. The number of fused-ring (bicyclic) bond motifs is 1. The number of hydrogen-bond acceptors (Lipinski definition) is 3. The van der Waals surface area contributed by atoms with Gasteiger partial charge >= 0.3 is 0 Å². The average molecular weight is 375 g/mol. The van der Waals surface area contributed by atoms with Crippen molar-refractivity contribution in [3.05, 3.63) is 83.5 Å². The summed E-state index contributed by atoms with van der Waals surface area (Å²) in [5, 5.41) is 5.07. The van der Waals surface area contributed by atoms with Crippen molar-refractivity contribution in [1.29, 1.82) is 0 Å². The number of imidazole rings is 1. The van der Waals surface area contributed by atoms with Crippen LogP contribution in [-0.2, 0) is 11.2 Å². The van der Waals surface area contributed by atoms with Crippen molar-refractivity contribution in [3.63, 3.8) is 0 Å². The zero-order valence-corrected chi connectivity index (χ0v) is 15.9. The van der Waals surface area contributed by atoms with Gasteiger partial charge in [-0.15, -0.1) is 11.3 Å². The highest BCUT2D eigenvalue weighted by atomic mass is 32.1. The number of thiazole rings is 1. The van der Waals surface area contributed by atoms with E-state index in [1.54, 1.807) is 11.3 Å². The van der Waals surface area contributed by atoms with Crippen molar-refractivity contribution in [2.75, 3.05) is 6.54 Å². The molecule has 4 nitrogen and oxygen atoms in total. The van der Waals surface area contributed by atoms with Crippen molar-refractivity contribution in [2.45, 2.75) is 19.3 Å². The molecule has 1 atom stereocenters. The van der Waals surface area contributed by atoms with E-state index in [1.165, 1.54) is 5.56 Å². The van der Waals surface area contributed by atoms with Gasteiger partial charge in [-0.1, -0.05) is 67.6 Å². The Balaban J connectivity index is 1.42. The van der Waals surface area contributed by atoms with Gasteiger partial charge in [0.05, 0.1) is 12.1 Å². The second kappa shape index (κ2) is 7.76. The van der Waals surface area contributed by atoms with E-state index in [9.17, 15) is 4.79 Å². The molecule has 0 fully saturated rings. The van der Waals surface area contributed by atoms with Gasteiger partial charge in [-0.2, -0.15) is 0 Å². The fourth-order valence-electron chi connectivity index (χ4n) is 3.10. The zero-order valence-electron chi connectivity index (χ0n) is 15.1. The molecular weight excluding hydrogens is 354 g/mol. The van der Waals surface area contributed by atoms with Crippen LogP contribution in [0.1, 0.15) is 24.1 Å². The van der Waals surface area contributed by atoms with Crippen LogP contribution >= 0.6 is 11.3 Å². The molecule has 1 amide bonds. The summed E-state index contributed by atoms with van der Waals surface area (Å²) in [6.07, 6.45) is 2.36. The lowest BCUT2D eigenvalue weighted by atomic mass is 10.0. The Bertz CT molecular complexity index is 1040. The number of amides is 1. The third-order valence-electron chi connectivity index (χ3n) is 4.67. The molecule has 2 heterocycles. The Morgan fingerprint density at radius 1 is 1.11 bits per heavy atom. The zero-order chi connectivity index (χ0) is 18.6. The molecule has 5 heteroatoms. The summed E-state index contributed by atoms with van der Waals surface area (Å²) in [5.74, 6) is 0.322. The van der Waals surface area contributed by atoms with Crippen LogP contribution in [0.4, 0.5) is 0 Å². The van der Waals surface area contributed by atoms with E-state index in [-0.39, 0.29) is 11.8 Å². The summed E-state index contributed by atoms with van der Waals surface area (Å²) in [6.45, 7) is 2.76. The maximum Gasteiger partial charge on any atom is 0.226 e. The van der Waals surface area contributed by atoms with E-state index in [1.807, 2.05) is 64.5 Å². The molecule has 27 heavy (non-hydrogen) atoms. The number of nitrogens with one attached hydrogen (secondary N) is 1. The molecule has 4 rings (SSSR count). The molecule has 4 aromatic rings. The van der Waals surface area contributed by atoms with Gasteiger partial charge in [-0.05, 0) is 11.5 Å². The van der Waals surface area contributed by atoms with Gasteiger partial charge in [-0.3, -0.25) is 9.20 Å². The number of nitrogens with zero attached hydrogens (tertiary/aromatic N) is 2. The van der Waals surface area contributed by atoms with Crippen molar-refractivity contribution in [3.8, 4) is 11.3 Å². The normalized spacial score (nSPS) is 12.2. The lowest BCUT2D eigenvalue weighted by Gasteiger charge is -2.12. The van der Waals surface area contributed by atoms with Gasteiger partial charge in [0.25, 0.3) is 0 Å². The Labute approximate surface area is 162 Å². The first-order valence-corrected chi connectivity index (χ1v) is 9.91. The molecule has 0 radical (unpaired) electrons. The Morgan fingerprint density at radius 2 is 1.81 bits per heavy atom. The first-order chi connectivity index (χ1) is 13.2. The molecule has 1 unspecified atom stereocenters. The molecule has 0 spiro atoms. The van der Waals surface area contributed by atoms with Gasteiger partial charge in [0.1, 0.15) is 0 Å². The van der Waals surface area contributed by atoms with E-state index < -0.39 is 0 Å². The lowest BCUT2D eigenvalue weighted by molar-refractivity contribution is -0.120. The van der Waals surface area contributed by atoms with Crippen molar-refractivity contribution < 1.29 is 4.79 Å². The van der Waals surface area contributed by atoms with Crippen molar-refractivity contribution in [2.24, 2.45) is 0 Å². The van der Waals surface area contributed by atoms with Gasteiger partial charge in [0.15, 0.2) is 4.96 Å². The minimum Gasteiger partial charge on any atom is -0.355 e. The number of aromatic nitrogens is 2. The van der Waals surface area contributed by atoms with Crippen LogP contribution in [0.25, 0.3) is 16.2 Å². The largest absolute Gasteiger partial charge is 0.355 e. The van der Waals surface area contributed by atoms with Gasteiger partial charge < -0.3 is 5.32 Å². The van der Waals surface area contributed by atoms with Crippen molar-refractivity contribution >= 4 is 22.2 Å². The molecule has 0 saturated heterocycles. The van der Waals surface area contributed by atoms with E-state index in [2.05, 4.69) is 29.4 Å². The van der Waals surface area contributed by atoms with Crippen LogP contribution in [0, 0.1) is 0 Å². The molecular formula is C22H21N3OS. The highest BCUT2D eigenvalue weighted by Gasteiger charge is 2.13. The molecule has 136 valence electrons. The average Bonchev–Trinajstić information content (AvgIpc) is 3.29. The van der Waals surface area contributed by atoms with E-state index in [0.29, 0.717) is 13.0 Å². The molecule has 0 bridgehead atoms.